The second-order valence-electron chi connectivity index (χ2n) is 3.44. The molecule has 0 spiro atoms. The molecule has 0 aliphatic rings. The van der Waals surface area contributed by atoms with Crippen LogP contribution in [0.4, 0.5) is 0 Å². The van der Waals surface area contributed by atoms with Crippen molar-refractivity contribution in [3.05, 3.63) is 0 Å². The van der Waals surface area contributed by atoms with Gasteiger partial charge in [0, 0.05) is 13.2 Å². The van der Waals surface area contributed by atoms with Crippen molar-refractivity contribution >= 4 is 0 Å². The lowest BCUT2D eigenvalue weighted by atomic mass is 10.1. The molecule has 0 rings (SSSR count). The number of rotatable bonds is 12. The molecule has 0 saturated carbocycles. The molecule has 0 fully saturated rings. The van der Waals surface area contributed by atoms with Gasteiger partial charge in [-0.3, -0.25) is 0 Å². The molecule has 2 N–H and O–H groups in total. The normalized spacial score (nSPS) is 10.8. The van der Waals surface area contributed by atoms with E-state index in [4.69, 9.17) is 19.7 Å². The van der Waals surface area contributed by atoms with Crippen molar-refractivity contribution in [1.82, 2.24) is 0 Å². The van der Waals surface area contributed by atoms with Gasteiger partial charge in [0.25, 0.3) is 0 Å². The van der Waals surface area contributed by atoms with Gasteiger partial charge in [-0.05, 0) is 12.8 Å². The molecule has 4 heteroatoms. The van der Waals surface area contributed by atoms with Crippen LogP contribution in [0.25, 0.3) is 0 Å². The summed E-state index contributed by atoms with van der Waals surface area (Å²) in [7, 11) is 0. The number of hydrogen-bond donors (Lipinski definition) is 2. The van der Waals surface area contributed by atoms with E-state index in [1.807, 2.05) is 0 Å². The van der Waals surface area contributed by atoms with Gasteiger partial charge in [-0.25, -0.2) is 0 Å². The smallest absolute Gasteiger partial charge is 0.0697 e. The zero-order chi connectivity index (χ0) is 11.2. The lowest BCUT2D eigenvalue weighted by Crippen LogP contribution is -2.01. The Balaban J connectivity index is 2.81. The molecular formula is C11H24O4. The third-order valence-electron chi connectivity index (χ3n) is 2.05. The predicted molar refractivity (Wildman–Crippen MR) is 58.9 cm³/mol. The summed E-state index contributed by atoms with van der Waals surface area (Å²) in [6.07, 6.45) is 5.68. The van der Waals surface area contributed by atoms with Gasteiger partial charge in [0.15, 0.2) is 0 Å². The maximum Gasteiger partial charge on any atom is 0.0697 e. The second-order valence-corrected chi connectivity index (χ2v) is 3.44. The monoisotopic (exact) mass is 220 g/mol. The Hall–Kier alpha value is -0.160. The molecule has 15 heavy (non-hydrogen) atoms. The minimum Gasteiger partial charge on any atom is -0.394 e. The first-order valence-corrected chi connectivity index (χ1v) is 5.79. The zero-order valence-electron chi connectivity index (χ0n) is 9.49. The highest BCUT2D eigenvalue weighted by Crippen LogP contribution is 2.03. The Kier molecular flexibility index (Phi) is 13.7. The number of ether oxygens (including phenoxy) is 2. The quantitative estimate of drug-likeness (QED) is 0.481. The Labute approximate surface area is 92.2 Å². The highest BCUT2D eigenvalue weighted by atomic mass is 16.5. The van der Waals surface area contributed by atoms with Crippen molar-refractivity contribution in [1.29, 1.82) is 0 Å². The Morgan fingerprint density at radius 1 is 0.533 bits per heavy atom. The number of unbranched alkanes of at least 4 members (excludes halogenated alkanes) is 4. The second kappa shape index (κ2) is 13.8. The van der Waals surface area contributed by atoms with E-state index in [1.54, 1.807) is 0 Å². The van der Waals surface area contributed by atoms with Crippen LogP contribution in [0.1, 0.15) is 32.1 Å². The molecule has 0 aromatic heterocycles. The van der Waals surface area contributed by atoms with Crippen LogP contribution in [0.2, 0.25) is 0 Å². The molecule has 0 aromatic carbocycles. The van der Waals surface area contributed by atoms with E-state index in [9.17, 15) is 0 Å². The summed E-state index contributed by atoms with van der Waals surface area (Å²) >= 11 is 0. The third-order valence-corrected chi connectivity index (χ3v) is 2.05. The molecule has 0 amide bonds. The van der Waals surface area contributed by atoms with Crippen molar-refractivity contribution in [3.63, 3.8) is 0 Å². The minimum absolute atomic E-state index is 0.113. The zero-order valence-corrected chi connectivity index (χ0v) is 9.49. The average Bonchev–Trinajstić information content (AvgIpc) is 2.26. The molecule has 0 atom stereocenters. The maximum atomic E-state index is 8.45. The van der Waals surface area contributed by atoms with Gasteiger partial charge in [0.2, 0.25) is 0 Å². The first-order chi connectivity index (χ1) is 7.41. The summed E-state index contributed by atoms with van der Waals surface area (Å²) in [6.45, 7) is 2.64. The van der Waals surface area contributed by atoms with Crippen molar-refractivity contribution in [3.8, 4) is 0 Å². The van der Waals surface area contributed by atoms with Crippen LogP contribution in [0.3, 0.4) is 0 Å². The predicted octanol–water partition coefficient (Wildman–Crippen LogP) is 0.955. The molecule has 0 saturated heterocycles. The van der Waals surface area contributed by atoms with E-state index in [0.717, 1.165) is 26.1 Å². The summed E-state index contributed by atoms with van der Waals surface area (Å²) in [5, 5.41) is 16.9. The molecule has 92 valence electrons. The van der Waals surface area contributed by atoms with E-state index >= 15 is 0 Å². The minimum atomic E-state index is 0.113. The van der Waals surface area contributed by atoms with E-state index in [-0.39, 0.29) is 13.2 Å². The van der Waals surface area contributed by atoms with Gasteiger partial charge in [0.05, 0.1) is 26.4 Å². The van der Waals surface area contributed by atoms with Crippen LogP contribution in [0.15, 0.2) is 0 Å². The fraction of sp³-hybridized carbons (Fsp3) is 1.00. The summed E-state index contributed by atoms with van der Waals surface area (Å²) < 4.78 is 10.3. The Morgan fingerprint density at radius 2 is 0.933 bits per heavy atom. The van der Waals surface area contributed by atoms with Crippen molar-refractivity contribution in [2.24, 2.45) is 0 Å². The number of hydrogen-bond acceptors (Lipinski definition) is 4. The summed E-state index contributed by atoms with van der Waals surface area (Å²) in [5.41, 5.74) is 0. The number of aliphatic hydroxyl groups is 2. The summed E-state index contributed by atoms with van der Waals surface area (Å²) in [5.74, 6) is 0. The Bertz CT molecular complexity index is 96.8. The van der Waals surface area contributed by atoms with Crippen molar-refractivity contribution < 1.29 is 19.7 Å². The molecule has 0 aliphatic heterocycles. The average molecular weight is 220 g/mol. The van der Waals surface area contributed by atoms with Gasteiger partial charge >= 0.3 is 0 Å². The van der Waals surface area contributed by atoms with Crippen molar-refractivity contribution in [2.45, 2.75) is 32.1 Å². The van der Waals surface area contributed by atoms with Gasteiger partial charge in [-0.15, -0.1) is 0 Å². The van der Waals surface area contributed by atoms with E-state index in [0.29, 0.717) is 13.2 Å². The fourth-order valence-electron chi connectivity index (χ4n) is 1.27. The van der Waals surface area contributed by atoms with E-state index < -0.39 is 0 Å². The molecule has 0 heterocycles. The molecule has 0 radical (unpaired) electrons. The topological polar surface area (TPSA) is 58.9 Å². The lowest BCUT2D eigenvalue weighted by molar-refractivity contribution is 0.0863. The molecule has 0 unspecified atom stereocenters. The van der Waals surface area contributed by atoms with Crippen LogP contribution < -0.4 is 0 Å². The molecular weight excluding hydrogens is 196 g/mol. The first kappa shape index (κ1) is 14.8. The van der Waals surface area contributed by atoms with E-state index in [2.05, 4.69) is 0 Å². The van der Waals surface area contributed by atoms with Crippen LogP contribution in [-0.4, -0.2) is 49.9 Å². The van der Waals surface area contributed by atoms with Crippen LogP contribution >= 0.6 is 0 Å². The van der Waals surface area contributed by atoms with E-state index in [1.165, 1.54) is 19.3 Å². The fourth-order valence-corrected chi connectivity index (χ4v) is 1.27. The largest absolute Gasteiger partial charge is 0.394 e. The van der Waals surface area contributed by atoms with Crippen LogP contribution in [0.5, 0.6) is 0 Å². The highest BCUT2D eigenvalue weighted by Gasteiger charge is 1.92. The standard InChI is InChI=1S/C11H24O4/c12-6-10-14-8-4-2-1-3-5-9-15-11-7-13/h12-13H,1-11H2. The molecule has 0 bridgehead atoms. The third kappa shape index (κ3) is 13.8. The van der Waals surface area contributed by atoms with Crippen molar-refractivity contribution in [2.75, 3.05) is 39.6 Å². The van der Waals surface area contributed by atoms with Crippen LogP contribution in [0, 0.1) is 0 Å². The van der Waals surface area contributed by atoms with Crippen LogP contribution in [-0.2, 0) is 9.47 Å². The first-order valence-electron chi connectivity index (χ1n) is 5.79. The SMILES string of the molecule is OCCOCCCCCCCOCCO. The summed E-state index contributed by atoms with van der Waals surface area (Å²) in [6, 6.07) is 0. The van der Waals surface area contributed by atoms with Gasteiger partial charge in [-0.1, -0.05) is 19.3 Å². The highest BCUT2D eigenvalue weighted by molar-refractivity contribution is 4.44. The van der Waals surface area contributed by atoms with Gasteiger partial charge < -0.3 is 19.7 Å². The lowest BCUT2D eigenvalue weighted by Gasteiger charge is -2.03. The van der Waals surface area contributed by atoms with Gasteiger partial charge in [-0.2, -0.15) is 0 Å². The van der Waals surface area contributed by atoms with Gasteiger partial charge in [0.1, 0.15) is 0 Å². The maximum absolute atomic E-state index is 8.45. The number of aliphatic hydroxyl groups excluding tert-OH is 2. The summed E-state index contributed by atoms with van der Waals surface area (Å²) in [4.78, 5) is 0. The molecule has 4 nitrogen and oxygen atoms in total. The molecule has 0 aliphatic carbocycles. The Morgan fingerprint density at radius 3 is 1.33 bits per heavy atom. The molecule has 0 aromatic rings.